The number of hydrogen-bond donors (Lipinski definition) is 2. The van der Waals surface area contributed by atoms with Crippen LogP contribution in [-0.2, 0) is 14.6 Å². The maximum Gasteiger partial charge on any atom is 0.221 e. The van der Waals surface area contributed by atoms with E-state index in [1.165, 1.54) is 0 Å². The Morgan fingerprint density at radius 1 is 1.41 bits per heavy atom. The zero-order chi connectivity index (χ0) is 12.9. The van der Waals surface area contributed by atoms with Gasteiger partial charge in [-0.3, -0.25) is 4.79 Å². The third kappa shape index (κ3) is 4.63. The van der Waals surface area contributed by atoms with Crippen LogP contribution in [0.2, 0.25) is 0 Å². The van der Waals surface area contributed by atoms with E-state index < -0.39 is 9.84 Å². The van der Waals surface area contributed by atoms with E-state index in [0.717, 1.165) is 25.7 Å². The van der Waals surface area contributed by atoms with Gasteiger partial charge in [-0.2, -0.15) is 0 Å². The van der Waals surface area contributed by atoms with Gasteiger partial charge in [0.15, 0.2) is 9.84 Å². The van der Waals surface area contributed by atoms with Crippen LogP contribution in [0.4, 0.5) is 0 Å². The van der Waals surface area contributed by atoms with Gasteiger partial charge >= 0.3 is 0 Å². The van der Waals surface area contributed by atoms with E-state index in [1.807, 2.05) is 0 Å². The molecule has 1 rings (SSSR count). The molecule has 1 saturated carbocycles. The molecule has 0 radical (unpaired) electrons. The minimum Gasteiger partial charge on any atom is -0.352 e. The van der Waals surface area contributed by atoms with E-state index in [-0.39, 0.29) is 29.4 Å². The van der Waals surface area contributed by atoms with Gasteiger partial charge in [0.05, 0.1) is 11.0 Å². The minimum absolute atomic E-state index is 0.0409. The van der Waals surface area contributed by atoms with Crippen molar-refractivity contribution >= 4 is 15.7 Å². The maximum atomic E-state index is 11.9. The molecule has 0 aliphatic heterocycles. The summed E-state index contributed by atoms with van der Waals surface area (Å²) in [5.74, 6) is -0.273. The van der Waals surface area contributed by atoms with Crippen molar-refractivity contribution in [3.8, 4) is 0 Å². The molecule has 1 aliphatic rings. The predicted molar refractivity (Wildman–Crippen MR) is 67.3 cm³/mol. The molecule has 1 atom stereocenters. The van der Waals surface area contributed by atoms with E-state index in [4.69, 9.17) is 5.73 Å². The van der Waals surface area contributed by atoms with E-state index in [0.29, 0.717) is 6.54 Å². The Hall–Kier alpha value is -0.620. The molecule has 100 valence electrons. The van der Waals surface area contributed by atoms with Crippen LogP contribution in [0.5, 0.6) is 0 Å². The Bertz CT molecular complexity index is 348. The first-order valence-corrected chi connectivity index (χ1v) is 7.88. The molecule has 1 fully saturated rings. The molecule has 3 N–H and O–H groups in total. The van der Waals surface area contributed by atoms with Crippen molar-refractivity contribution in [2.45, 2.75) is 50.3 Å². The zero-order valence-electron chi connectivity index (χ0n) is 10.3. The van der Waals surface area contributed by atoms with E-state index >= 15 is 0 Å². The summed E-state index contributed by atoms with van der Waals surface area (Å²) in [6.45, 7) is 2.16. The highest BCUT2D eigenvalue weighted by Crippen LogP contribution is 2.25. The number of nitrogens with one attached hydrogen (secondary N) is 1. The third-order valence-corrected chi connectivity index (χ3v) is 5.44. The van der Waals surface area contributed by atoms with Gasteiger partial charge in [-0.1, -0.05) is 12.8 Å². The van der Waals surface area contributed by atoms with Gasteiger partial charge in [-0.05, 0) is 19.8 Å². The summed E-state index contributed by atoms with van der Waals surface area (Å²) in [4.78, 5) is 11.4. The van der Waals surface area contributed by atoms with Crippen molar-refractivity contribution in [2.75, 3.05) is 12.3 Å². The lowest BCUT2D eigenvalue weighted by atomic mass is 10.3. The van der Waals surface area contributed by atoms with Crippen LogP contribution in [-0.4, -0.2) is 37.9 Å². The first kappa shape index (κ1) is 14.4. The second-order valence-corrected chi connectivity index (χ2v) is 7.13. The lowest BCUT2D eigenvalue weighted by Crippen LogP contribution is -2.38. The van der Waals surface area contributed by atoms with Gasteiger partial charge in [-0.25, -0.2) is 8.42 Å². The topological polar surface area (TPSA) is 89.3 Å². The Balaban J connectivity index is 2.36. The van der Waals surface area contributed by atoms with Crippen LogP contribution in [0.15, 0.2) is 0 Å². The standard InChI is InChI=1S/C11H22N2O3S/c1-9(8-12)13-11(14)6-7-17(15,16)10-4-2-3-5-10/h9-10H,2-8,12H2,1H3,(H,13,14)/t9-/m0/s1. The maximum absolute atomic E-state index is 11.9. The smallest absolute Gasteiger partial charge is 0.221 e. The quantitative estimate of drug-likeness (QED) is 0.715. The highest BCUT2D eigenvalue weighted by atomic mass is 32.2. The molecule has 0 unspecified atom stereocenters. The third-order valence-electron chi connectivity index (χ3n) is 3.18. The molecule has 0 bridgehead atoms. The Morgan fingerprint density at radius 3 is 2.53 bits per heavy atom. The van der Waals surface area contributed by atoms with Gasteiger partial charge in [0.1, 0.15) is 0 Å². The van der Waals surface area contributed by atoms with Crippen molar-refractivity contribution in [3.05, 3.63) is 0 Å². The molecule has 0 spiro atoms. The number of amides is 1. The molecule has 5 nitrogen and oxygen atoms in total. The Labute approximate surface area is 103 Å². The summed E-state index contributed by atoms with van der Waals surface area (Å²) in [5, 5.41) is 2.44. The SMILES string of the molecule is C[C@@H](CN)NC(=O)CCS(=O)(=O)C1CCCC1. The molecule has 17 heavy (non-hydrogen) atoms. The molecule has 0 saturated heterocycles. The molecule has 1 amide bonds. The normalized spacial score (nSPS) is 19.2. The number of nitrogens with two attached hydrogens (primary N) is 1. The fourth-order valence-corrected chi connectivity index (χ4v) is 3.91. The van der Waals surface area contributed by atoms with Gasteiger partial charge < -0.3 is 11.1 Å². The van der Waals surface area contributed by atoms with E-state index in [9.17, 15) is 13.2 Å². The highest BCUT2D eigenvalue weighted by Gasteiger charge is 2.28. The number of rotatable bonds is 6. The van der Waals surface area contributed by atoms with Gasteiger partial charge in [0.2, 0.25) is 5.91 Å². The largest absolute Gasteiger partial charge is 0.352 e. The molecule has 0 aromatic carbocycles. The number of sulfone groups is 1. The average molecular weight is 262 g/mol. The second-order valence-electron chi connectivity index (χ2n) is 4.73. The van der Waals surface area contributed by atoms with Crippen LogP contribution in [0, 0.1) is 0 Å². The first-order chi connectivity index (χ1) is 7.95. The Kier molecular flexibility index (Phi) is 5.39. The first-order valence-electron chi connectivity index (χ1n) is 6.16. The molecule has 0 heterocycles. The summed E-state index contributed by atoms with van der Waals surface area (Å²) in [5.41, 5.74) is 5.37. The van der Waals surface area contributed by atoms with Crippen molar-refractivity contribution in [3.63, 3.8) is 0 Å². The van der Waals surface area contributed by atoms with Crippen LogP contribution < -0.4 is 11.1 Å². The summed E-state index contributed by atoms with van der Waals surface area (Å²) >= 11 is 0. The summed E-state index contributed by atoms with van der Waals surface area (Å²) in [6, 6.07) is -0.100. The van der Waals surface area contributed by atoms with Crippen molar-refractivity contribution in [1.29, 1.82) is 0 Å². The molecular weight excluding hydrogens is 240 g/mol. The van der Waals surface area contributed by atoms with E-state index in [1.54, 1.807) is 6.92 Å². The summed E-state index contributed by atoms with van der Waals surface area (Å²) in [6.07, 6.45) is 3.52. The molecule has 0 aromatic heterocycles. The molecule has 1 aliphatic carbocycles. The predicted octanol–water partition coefficient (Wildman–Crippen LogP) is 0.197. The van der Waals surface area contributed by atoms with Gasteiger partial charge in [0.25, 0.3) is 0 Å². The second kappa shape index (κ2) is 6.35. The minimum atomic E-state index is -3.09. The number of carbonyl (C=O) groups is 1. The van der Waals surface area contributed by atoms with Crippen LogP contribution in [0.3, 0.4) is 0 Å². The number of hydrogen-bond acceptors (Lipinski definition) is 4. The monoisotopic (exact) mass is 262 g/mol. The fourth-order valence-electron chi connectivity index (χ4n) is 2.06. The number of carbonyl (C=O) groups excluding carboxylic acids is 1. The van der Waals surface area contributed by atoms with Crippen molar-refractivity contribution in [1.82, 2.24) is 5.32 Å². The lowest BCUT2D eigenvalue weighted by Gasteiger charge is -2.13. The fraction of sp³-hybridized carbons (Fsp3) is 0.909. The van der Waals surface area contributed by atoms with Crippen LogP contribution >= 0.6 is 0 Å². The zero-order valence-corrected chi connectivity index (χ0v) is 11.1. The van der Waals surface area contributed by atoms with Crippen molar-refractivity contribution < 1.29 is 13.2 Å². The summed E-state index contributed by atoms with van der Waals surface area (Å²) in [7, 11) is -3.09. The van der Waals surface area contributed by atoms with Gasteiger partial charge in [-0.15, -0.1) is 0 Å². The van der Waals surface area contributed by atoms with Gasteiger partial charge in [0, 0.05) is 19.0 Å². The van der Waals surface area contributed by atoms with E-state index in [2.05, 4.69) is 5.32 Å². The summed E-state index contributed by atoms with van der Waals surface area (Å²) < 4.78 is 23.8. The highest BCUT2D eigenvalue weighted by molar-refractivity contribution is 7.92. The van der Waals surface area contributed by atoms with Crippen molar-refractivity contribution in [2.24, 2.45) is 5.73 Å². The lowest BCUT2D eigenvalue weighted by molar-refractivity contribution is -0.121. The van der Waals surface area contributed by atoms with Crippen LogP contribution in [0.1, 0.15) is 39.0 Å². The van der Waals surface area contributed by atoms with Crippen LogP contribution in [0.25, 0.3) is 0 Å². The molecule has 0 aromatic rings. The molecular formula is C11H22N2O3S. The molecule has 6 heteroatoms. The average Bonchev–Trinajstić information content (AvgIpc) is 2.80. The Morgan fingerprint density at radius 2 is 2.00 bits per heavy atom.